The Kier molecular flexibility index (Phi) is 7.73. The zero-order chi connectivity index (χ0) is 23.0. The molecule has 1 aliphatic carbocycles. The largest absolute Gasteiger partial charge is 0.349 e. The predicted octanol–water partition coefficient (Wildman–Crippen LogP) is 3.65. The zero-order valence-corrected chi connectivity index (χ0v) is 18.9. The Bertz CT molecular complexity index is 965. The molecule has 2 aromatic rings. The van der Waals surface area contributed by atoms with Crippen LogP contribution in [0.5, 0.6) is 0 Å². The number of carbonyl (C=O) groups is 3. The minimum atomic E-state index is -0.150. The van der Waals surface area contributed by atoms with E-state index in [1.54, 1.807) is 12.1 Å². The van der Waals surface area contributed by atoms with Crippen molar-refractivity contribution in [3.05, 3.63) is 60.2 Å². The number of amides is 3. The predicted molar refractivity (Wildman–Crippen MR) is 129 cm³/mol. The molecular formula is C26H32N4O3. The van der Waals surface area contributed by atoms with E-state index in [1.165, 1.54) is 0 Å². The number of anilines is 2. The lowest BCUT2D eigenvalue weighted by atomic mass is 9.96. The molecule has 0 aromatic heterocycles. The fraction of sp³-hybridized carbons (Fsp3) is 0.423. The molecule has 1 heterocycles. The lowest BCUT2D eigenvalue weighted by Gasteiger charge is -2.30. The van der Waals surface area contributed by atoms with Gasteiger partial charge in [-0.05, 0) is 63.0 Å². The molecule has 7 nitrogen and oxygen atoms in total. The van der Waals surface area contributed by atoms with Crippen molar-refractivity contribution in [1.82, 2.24) is 10.2 Å². The highest BCUT2D eigenvalue weighted by molar-refractivity contribution is 6.04. The lowest BCUT2D eigenvalue weighted by molar-refractivity contribution is -0.121. The number of benzene rings is 2. The third-order valence-electron chi connectivity index (χ3n) is 6.50. The molecule has 0 spiro atoms. The van der Waals surface area contributed by atoms with Crippen molar-refractivity contribution in [2.24, 2.45) is 5.92 Å². The number of rotatable bonds is 7. The maximum Gasteiger partial charge on any atom is 0.253 e. The van der Waals surface area contributed by atoms with Crippen LogP contribution >= 0.6 is 0 Å². The van der Waals surface area contributed by atoms with Crippen LogP contribution in [0, 0.1) is 5.92 Å². The molecule has 2 aliphatic rings. The van der Waals surface area contributed by atoms with Crippen molar-refractivity contribution >= 4 is 29.1 Å². The number of hydrogen-bond acceptors (Lipinski definition) is 4. The molecule has 3 amide bonds. The third kappa shape index (κ3) is 6.42. The number of likely N-dealkylation sites (tertiary alicyclic amines) is 1. The normalized spacial score (nSPS) is 17.5. The second kappa shape index (κ2) is 11.1. The summed E-state index contributed by atoms with van der Waals surface area (Å²) in [6.07, 6.45) is 5.75. The lowest BCUT2D eigenvalue weighted by Crippen LogP contribution is -2.42. The average molecular weight is 449 g/mol. The number of nitrogens with one attached hydrogen (secondary N) is 3. The molecule has 1 aliphatic heterocycles. The molecule has 0 unspecified atom stereocenters. The van der Waals surface area contributed by atoms with Crippen molar-refractivity contribution in [3.8, 4) is 0 Å². The zero-order valence-electron chi connectivity index (χ0n) is 18.9. The Morgan fingerprint density at radius 2 is 1.48 bits per heavy atom. The van der Waals surface area contributed by atoms with Gasteiger partial charge in [-0.2, -0.15) is 0 Å². The number of carbonyl (C=O) groups excluding carboxylic acids is 3. The van der Waals surface area contributed by atoms with Crippen LogP contribution in [-0.4, -0.2) is 48.3 Å². The van der Waals surface area contributed by atoms with Crippen LogP contribution in [0.4, 0.5) is 11.4 Å². The van der Waals surface area contributed by atoms with Gasteiger partial charge in [-0.3, -0.25) is 19.3 Å². The Hall–Kier alpha value is -3.19. The van der Waals surface area contributed by atoms with E-state index in [0.717, 1.165) is 31.4 Å². The van der Waals surface area contributed by atoms with Gasteiger partial charge in [0.2, 0.25) is 11.8 Å². The van der Waals surface area contributed by atoms with Crippen molar-refractivity contribution in [2.45, 2.75) is 44.6 Å². The van der Waals surface area contributed by atoms with Crippen molar-refractivity contribution in [2.75, 3.05) is 30.3 Å². The molecule has 2 aromatic carbocycles. The van der Waals surface area contributed by atoms with Crippen LogP contribution in [0.25, 0.3) is 0 Å². The van der Waals surface area contributed by atoms with E-state index >= 15 is 0 Å². The van der Waals surface area contributed by atoms with Crippen molar-refractivity contribution in [3.63, 3.8) is 0 Å². The summed E-state index contributed by atoms with van der Waals surface area (Å²) in [6.45, 7) is 1.61. The summed E-state index contributed by atoms with van der Waals surface area (Å²) in [5.41, 5.74) is 1.84. The summed E-state index contributed by atoms with van der Waals surface area (Å²) in [5.74, 6) is -0.302. The summed E-state index contributed by atoms with van der Waals surface area (Å²) in [4.78, 5) is 40.0. The third-order valence-corrected chi connectivity index (χ3v) is 6.50. The number of para-hydroxylation sites is 2. The van der Waals surface area contributed by atoms with Crippen LogP contribution in [0.1, 0.15) is 48.9 Å². The van der Waals surface area contributed by atoms with Gasteiger partial charge in [-0.1, -0.05) is 43.2 Å². The highest BCUT2D eigenvalue weighted by Gasteiger charge is 2.26. The molecule has 0 radical (unpaired) electrons. The second-order valence-corrected chi connectivity index (χ2v) is 8.95. The van der Waals surface area contributed by atoms with Crippen molar-refractivity contribution in [1.29, 1.82) is 0 Å². The summed E-state index contributed by atoms with van der Waals surface area (Å²) < 4.78 is 0. The Labute approximate surface area is 194 Å². The van der Waals surface area contributed by atoms with E-state index < -0.39 is 0 Å². The van der Waals surface area contributed by atoms with Crippen LogP contribution < -0.4 is 16.0 Å². The first-order valence-corrected chi connectivity index (χ1v) is 11.9. The Morgan fingerprint density at radius 3 is 2.21 bits per heavy atom. The second-order valence-electron chi connectivity index (χ2n) is 8.95. The first-order valence-electron chi connectivity index (χ1n) is 11.9. The van der Waals surface area contributed by atoms with Gasteiger partial charge in [0.15, 0.2) is 0 Å². The fourth-order valence-electron chi connectivity index (χ4n) is 4.64. The maximum absolute atomic E-state index is 12.7. The molecule has 174 valence electrons. The van der Waals surface area contributed by atoms with Gasteiger partial charge in [0.1, 0.15) is 0 Å². The molecule has 0 atom stereocenters. The Morgan fingerprint density at radius 1 is 0.818 bits per heavy atom. The van der Waals surface area contributed by atoms with Crippen molar-refractivity contribution < 1.29 is 14.4 Å². The van der Waals surface area contributed by atoms with Crippen LogP contribution in [0.15, 0.2) is 54.6 Å². The van der Waals surface area contributed by atoms with E-state index in [2.05, 4.69) is 20.9 Å². The van der Waals surface area contributed by atoms with Gasteiger partial charge in [0.25, 0.3) is 5.91 Å². The first kappa shape index (κ1) is 23.0. The summed E-state index contributed by atoms with van der Waals surface area (Å²) >= 11 is 0. The van der Waals surface area contributed by atoms with Gasteiger partial charge >= 0.3 is 0 Å². The molecule has 7 heteroatoms. The first-order chi connectivity index (χ1) is 16.1. The topological polar surface area (TPSA) is 90.5 Å². The van der Waals surface area contributed by atoms with E-state index in [1.807, 2.05) is 42.5 Å². The highest BCUT2D eigenvalue weighted by atomic mass is 16.2. The molecule has 3 N–H and O–H groups in total. The van der Waals surface area contributed by atoms with Crippen LogP contribution in [-0.2, 0) is 9.59 Å². The highest BCUT2D eigenvalue weighted by Crippen LogP contribution is 2.22. The number of nitrogens with zero attached hydrogens (tertiary/aromatic N) is 1. The van der Waals surface area contributed by atoms with Gasteiger partial charge in [-0.15, -0.1) is 0 Å². The van der Waals surface area contributed by atoms with E-state index in [9.17, 15) is 14.4 Å². The molecule has 1 saturated heterocycles. The Balaban J connectivity index is 1.25. The minimum absolute atomic E-state index is 0.0347. The molecule has 1 saturated carbocycles. The van der Waals surface area contributed by atoms with E-state index in [4.69, 9.17) is 0 Å². The summed E-state index contributed by atoms with van der Waals surface area (Å²) in [5, 5.41) is 8.96. The molecule has 0 bridgehead atoms. The molecular weight excluding hydrogens is 416 g/mol. The SMILES string of the molecule is O=C(CN1CCC(C(=O)Nc2ccccc2)CC1)Nc1ccccc1C(=O)NC1CCCC1. The average Bonchev–Trinajstić information content (AvgIpc) is 3.33. The summed E-state index contributed by atoms with van der Waals surface area (Å²) in [7, 11) is 0. The molecule has 2 fully saturated rings. The maximum atomic E-state index is 12.7. The molecule has 4 rings (SSSR count). The summed E-state index contributed by atoms with van der Waals surface area (Å²) in [6, 6.07) is 16.8. The quantitative estimate of drug-likeness (QED) is 0.603. The minimum Gasteiger partial charge on any atom is -0.349 e. The van der Waals surface area contributed by atoms with E-state index in [-0.39, 0.29) is 36.2 Å². The molecule has 33 heavy (non-hydrogen) atoms. The number of piperidine rings is 1. The number of hydrogen-bond donors (Lipinski definition) is 3. The monoisotopic (exact) mass is 448 g/mol. The van der Waals surface area contributed by atoms with Crippen LogP contribution in [0.3, 0.4) is 0 Å². The van der Waals surface area contributed by atoms with Gasteiger partial charge in [-0.25, -0.2) is 0 Å². The van der Waals surface area contributed by atoms with Gasteiger partial charge in [0.05, 0.1) is 17.8 Å². The van der Waals surface area contributed by atoms with Gasteiger partial charge in [0, 0.05) is 17.6 Å². The van der Waals surface area contributed by atoms with Gasteiger partial charge < -0.3 is 16.0 Å². The standard InChI is InChI=1S/C26H32N4O3/c31-24(29-23-13-7-6-12-22(23)26(33)28-21-10-4-5-11-21)18-30-16-14-19(15-17-30)25(32)27-20-8-2-1-3-9-20/h1-3,6-9,12-13,19,21H,4-5,10-11,14-18H2,(H,27,32)(H,28,33)(H,29,31). The van der Waals surface area contributed by atoms with E-state index in [0.29, 0.717) is 37.2 Å². The van der Waals surface area contributed by atoms with Crippen LogP contribution in [0.2, 0.25) is 0 Å². The fourth-order valence-corrected chi connectivity index (χ4v) is 4.64. The smallest absolute Gasteiger partial charge is 0.253 e.